The van der Waals surface area contributed by atoms with Crippen LogP contribution in [0.15, 0.2) is 53.3 Å². The maximum atomic E-state index is 13.4. The number of ether oxygens (including phenoxy) is 1. The zero-order chi connectivity index (χ0) is 23.2. The highest BCUT2D eigenvalue weighted by molar-refractivity contribution is 5.83. The number of rotatable bonds is 7. The summed E-state index contributed by atoms with van der Waals surface area (Å²) in [4.78, 5) is 26.4. The Bertz CT molecular complexity index is 1170. The van der Waals surface area contributed by atoms with Crippen molar-refractivity contribution in [3.63, 3.8) is 0 Å². The highest BCUT2D eigenvalue weighted by atomic mass is 35.5. The molecule has 8 heteroatoms. The highest BCUT2D eigenvalue weighted by Crippen LogP contribution is 2.21. The zero-order valence-electron chi connectivity index (χ0n) is 19.4. The summed E-state index contributed by atoms with van der Waals surface area (Å²) < 4.78 is 20.1. The molecule has 0 amide bonds. The minimum absolute atomic E-state index is 0. The number of halogens is 2. The molecule has 0 bridgehead atoms. The summed E-state index contributed by atoms with van der Waals surface area (Å²) in [5.74, 6) is -0.418. The van der Waals surface area contributed by atoms with Gasteiger partial charge in [-0.05, 0) is 43.5 Å². The zero-order valence-corrected chi connectivity index (χ0v) is 20.2. The molecule has 1 aromatic heterocycles. The van der Waals surface area contributed by atoms with Gasteiger partial charge in [-0.15, -0.1) is 0 Å². The molecule has 0 radical (unpaired) electrons. The molecule has 2 atom stereocenters. The molecule has 1 N–H and O–H groups in total. The molecular formula is C26H31ClFN3O3. The van der Waals surface area contributed by atoms with Crippen LogP contribution in [0.1, 0.15) is 49.9 Å². The molecule has 4 rings (SSSR count). The van der Waals surface area contributed by atoms with E-state index in [0.717, 1.165) is 55.5 Å². The number of hydrogen-bond donors (Lipinski definition) is 1. The number of carbonyl (C=O) groups is 1. The summed E-state index contributed by atoms with van der Waals surface area (Å²) >= 11 is 0. The number of nitrogens with one attached hydrogen (secondary N) is 1. The van der Waals surface area contributed by atoms with Crippen LogP contribution in [-0.4, -0.2) is 42.0 Å². The van der Waals surface area contributed by atoms with E-state index in [2.05, 4.69) is 0 Å². The molecule has 6 nitrogen and oxygen atoms in total. The molecule has 1 fully saturated rings. The second kappa shape index (κ2) is 12.1. The first-order chi connectivity index (χ1) is 16.0. The van der Waals surface area contributed by atoms with Crippen molar-refractivity contribution in [3.05, 3.63) is 76.0 Å². The van der Waals surface area contributed by atoms with Gasteiger partial charge in [-0.1, -0.05) is 30.3 Å². The average molecular weight is 488 g/mol. The van der Waals surface area contributed by atoms with Crippen molar-refractivity contribution >= 4 is 16.7 Å². The molecule has 0 spiro atoms. The summed E-state index contributed by atoms with van der Waals surface area (Å²) in [7, 11) is 0. The Kier molecular flexibility index (Phi) is 9.19. The number of fused-ring (bicyclic) bond motifs is 1. The van der Waals surface area contributed by atoms with E-state index in [0.29, 0.717) is 24.8 Å². The molecular weight excluding hydrogens is 457 g/mol. The third kappa shape index (κ3) is 6.21. The van der Waals surface area contributed by atoms with Crippen molar-refractivity contribution in [3.8, 4) is 0 Å². The number of aromatic nitrogens is 2. The second-order valence-corrected chi connectivity index (χ2v) is 8.68. The Balaban J connectivity index is 0.00000324. The van der Waals surface area contributed by atoms with Crippen LogP contribution in [0, 0.1) is 5.82 Å². The van der Waals surface area contributed by atoms with Crippen LogP contribution in [-0.2, 0) is 16.0 Å². The van der Waals surface area contributed by atoms with Gasteiger partial charge in [0.15, 0.2) is 0 Å². The largest absolute Gasteiger partial charge is 1.00 e. The lowest BCUT2D eigenvalue weighted by atomic mass is 10.0. The van der Waals surface area contributed by atoms with Gasteiger partial charge in [0.2, 0.25) is 0 Å². The van der Waals surface area contributed by atoms with E-state index < -0.39 is 0 Å². The van der Waals surface area contributed by atoms with Crippen molar-refractivity contribution in [1.29, 1.82) is 0 Å². The first-order valence-corrected chi connectivity index (χ1v) is 11.8. The van der Waals surface area contributed by atoms with Crippen molar-refractivity contribution in [2.45, 2.75) is 45.1 Å². The van der Waals surface area contributed by atoms with Gasteiger partial charge >= 0.3 is 5.97 Å². The van der Waals surface area contributed by atoms with Crippen molar-refractivity contribution in [1.82, 2.24) is 9.78 Å². The van der Waals surface area contributed by atoms with Gasteiger partial charge in [0.05, 0.1) is 49.8 Å². The summed E-state index contributed by atoms with van der Waals surface area (Å²) in [6, 6.07) is 14.0. The SMILES string of the molecule is CCOC(=O)CC[NH+]1CCCC(n2nc(Cc3ccc(F)cc3)c3ccccc3c2=O)CC1.[Cl-]. The van der Waals surface area contributed by atoms with Gasteiger partial charge in [-0.2, -0.15) is 5.10 Å². The fraction of sp³-hybridized carbons (Fsp3) is 0.423. The lowest BCUT2D eigenvalue weighted by Gasteiger charge is -2.19. The summed E-state index contributed by atoms with van der Waals surface area (Å²) in [5, 5.41) is 6.35. The monoisotopic (exact) mass is 487 g/mol. The van der Waals surface area contributed by atoms with E-state index in [-0.39, 0.29) is 35.8 Å². The maximum absolute atomic E-state index is 13.4. The number of nitrogens with zero attached hydrogens (tertiary/aromatic N) is 2. The molecule has 2 heterocycles. The molecule has 2 aromatic carbocycles. The molecule has 3 aromatic rings. The molecule has 0 saturated carbocycles. The number of esters is 1. The van der Waals surface area contributed by atoms with Gasteiger partial charge in [0, 0.05) is 18.2 Å². The molecule has 34 heavy (non-hydrogen) atoms. The lowest BCUT2D eigenvalue weighted by molar-refractivity contribution is -0.898. The molecule has 0 aliphatic carbocycles. The summed E-state index contributed by atoms with van der Waals surface area (Å²) in [5.41, 5.74) is 1.72. The smallest absolute Gasteiger partial charge is 0.311 e. The lowest BCUT2D eigenvalue weighted by Crippen LogP contribution is -3.12. The van der Waals surface area contributed by atoms with Crippen LogP contribution in [0.25, 0.3) is 10.8 Å². The quantitative estimate of drug-likeness (QED) is 0.465. The Hall–Kier alpha value is -2.77. The number of quaternary nitrogens is 1. The molecule has 2 unspecified atom stereocenters. The number of hydrogen-bond acceptors (Lipinski definition) is 4. The van der Waals surface area contributed by atoms with Crippen LogP contribution in [0.4, 0.5) is 4.39 Å². The first kappa shape index (κ1) is 25.8. The van der Waals surface area contributed by atoms with Crippen molar-refractivity contribution in [2.24, 2.45) is 0 Å². The third-order valence-electron chi connectivity index (χ3n) is 6.42. The fourth-order valence-electron chi connectivity index (χ4n) is 4.68. The van der Waals surface area contributed by atoms with E-state index in [4.69, 9.17) is 9.84 Å². The van der Waals surface area contributed by atoms with Gasteiger partial charge in [-0.3, -0.25) is 9.59 Å². The van der Waals surface area contributed by atoms with Gasteiger partial charge < -0.3 is 22.0 Å². The highest BCUT2D eigenvalue weighted by Gasteiger charge is 2.24. The second-order valence-electron chi connectivity index (χ2n) is 8.68. The first-order valence-electron chi connectivity index (χ1n) is 11.8. The van der Waals surface area contributed by atoms with Gasteiger partial charge in [0.25, 0.3) is 5.56 Å². The predicted octanol–water partition coefficient (Wildman–Crippen LogP) is -0.306. The third-order valence-corrected chi connectivity index (χ3v) is 6.42. The van der Waals surface area contributed by atoms with Crippen molar-refractivity contribution < 1.29 is 31.2 Å². The van der Waals surface area contributed by atoms with Gasteiger partial charge in [-0.25, -0.2) is 9.07 Å². The van der Waals surface area contributed by atoms with Crippen LogP contribution in [0.5, 0.6) is 0 Å². The molecule has 1 aliphatic rings. The minimum atomic E-state index is -0.269. The van der Waals surface area contributed by atoms with Crippen LogP contribution in [0.3, 0.4) is 0 Å². The Morgan fingerprint density at radius 1 is 1.12 bits per heavy atom. The molecule has 1 saturated heterocycles. The summed E-state index contributed by atoms with van der Waals surface area (Å²) in [6.45, 7) is 4.84. The fourth-order valence-corrected chi connectivity index (χ4v) is 4.68. The van der Waals surface area contributed by atoms with Crippen LogP contribution < -0.4 is 22.9 Å². The normalized spacial score (nSPS) is 18.2. The Labute approximate surface area is 205 Å². The Morgan fingerprint density at radius 2 is 1.85 bits per heavy atom. The van der Waals surface area contributed by atoms with Crippen molar-refractivity contribution in [2.75, 3.05) is 26.2 Å². The topological polar surface area (TPSA) is 65.6 Å². The van der Waals surface area contributed by atoms with Gasteiger partial charge in [0.1, 0.15) is 5.82 Å². The predicted molar refractivity (Wildman–Crippen MR) is 125 cm³/mol. The minimum Gasteiger partial charge on any atom is -1.00 e. The van der Waals surface area contributed by atoms with Crippen LogP contribution >= 0.6 is 0 Å². The number of benzene rings is 2. The van der Waals surface area contributed by atoms with E-state index in [1.165, 1.54) is 17.0 Å². The molecule has 182 valence electrons. The number of carbonyl (C=O) groups excluding carboxylic acids is 1. The maximum Gasteiger partial charge on any atom is 0.311 e. The average Bonchev–Trinajstić information content (AvgIpc) is 3.07. The standard InChI is InChI=1S/C26H30FN3O3.ClH/c1-2-33-25(31)14-17-29-15-5-6-21(13-16-29)30-26(32)23-8-4-3-7-22(23)24(28-30)18-19-9-11-20(27)12-10-19;/h3-4,7-12,21H,2,5-6,13-18H2,1H3;1H. The van der Waals surface area contributed by atoms with E-state index in [1.807, 2.05) is 31.2 Å². The Morgan fingerprint density at radius 3 is 2.59 bits per heavy atom. The summed E-state index contributed by atoms with van der Waals surface area (Å²) in [6.07, 6.45) is 3.63. The number of likely N-dealkylation sites (tertiary alicyclic amines) is 1. The van der Waals surface area contributed by atoms with Crippen LogP contribution in [0.2, 0.25) is 0 Å². The van der Waals surface area contributed by atoms with E-state index in [1.54, 1.807) is 16.8 Å². The molecule has 1 aliphatic heterocycles. The van der Waals surface area contributed by atoms with E-state index >= 15 is 0 Å². The van der Waals surface area contributed by atoms with E-state index in [9.17, 15) is 14.0 Å².